The molecular formula is C25H31N9. The summed E-state index contributed by atoms with van der Waals surface area (Å²) in [6.07, 6.45) is 7.13. The zero-order valence-electron chi connectivity index (χ0n) is 19.8. The van der Waals surface area contributed by atoms with Crippen LogP contribution in [-0.4, -0.2) is 55.9 Å². The number of nitrogens with zero attached hydrogens (tertiary/aromatic N) is 7. The molecule has 1 unspecified atom stereocenters. The Balaban J connectivity index is 1.44. The van der Waals surface area contributed by atoms with Gasteiger partial charge in [-0.2, -0.15) is 10.1 Å². The number of hydrogen-bond donors (Lipinski definition) is 2. The second-order valence-corrected chi connectivity index (χ2v) is 9.43. The average molecular weight is 458 g/mol. The fourth-order valence-electron chi connectivity index (χ4n) is 4.70. The molecule has 3 aromatic heterocycles. The molecule has 1 aromatic carbocycles. The third kappa shape index (κ3) is 3.94. The molecule has 1 saturated carbocycles. The van der Waals surface area contributed by atoms with Crippen LogP contribution in [0, 0.1) is 5.92 Å². The molecule has 1 aliphatic heterocycles. The van der Waals surface area contributed by atoms with Gasteiger partial charge in [0, 0.05) is 32.2 Å². The molecule has 4 heterocycles. The van der Waals surface area contributed by atoms with Crippen LogP contribution in [0.3, 0.4) is 0 Å². The molecule has 2 atom stereocenters. The molecule has 0 spiro atoms. The maximum Gasteiger partial charge on any atom is 0.228 e. The van der Waals surface area contributed by atoms with Crippen LogP contribution in [0.5, 0.6) is 0 Å². The SMILES string of the molecule is CC[C@H](C)n1ncc2nc(N3CCNCC3)nc(NC(c3cnc4ccccc4n3)C3CC3)c21. The van der Waals surface area contributed by atoms with E-state index in [0.29, 0.717) is 5.92 Å². The molecule has 34 heavy (non-hydrogen) atoms. The summed E-state index contributed by atoms with van der Waals surface area (Å²) in [5.41, 5.74) is 4.65. The lowest BCUT2D eigenvalue weighted by Gasteiger charge is -2.28. The molecule has 1 saturated heterocycles. The topological polar surface area (TPSA) is 96.7 Å². The molecule has 9 nitrogen and oxygen atoms in total. The Bertz CT molecular complexity index is 1310. The fourth-order valence-corrected chi connectivity index (χ4v) is 4.70. The zero-order valence-corrected chi connectivity index (χ0v) is 19.8. The van der Waals surface area contributed by atoms with E-state index in [0.717, 1.165) is 72.1 Å². The van der Waals surface area contributed by atoms with Gasteiger partial charge >= 0.3 is 0 Å². The van der Waals surface area contributed by atoms with Crippen molar-refractivity contribution in [1.29, 1.82) is 0 Å². The summed E-state index contributed by atoms with van der Waals surface area (Å²) >= 11 is 0. The normalized spacial score (nSPS) is 18.4. The van der Waals surface area contributed by atoms with E-state index in [2.05, 4.69) is 39.0 Å². The summed E-state index contributed by atoms with van der Waals surface area (Å²) in [6.45, 7) is 8.03. The first-order valence-corrected chi connectivity index (χ1v) is 12.4. The van der Waals surface area contributed by atoms with E-state index >= 15 is 0 Å². The predicted molar refractivity (Wildman–Crippen MR) is 134 cm³/mol. The highest BCUT2D eigenvalue weighted by Crippen LogP contribution is 2.43. The third-order valence-electron chi connectivity index (χ3n) is 7.01. The van der Waals surface area contributed by atoms with E-state index in [4.69, 9.17) is 20.1 Å². The smallest absolute Gasteiger partial charge is 0.228 e. The summed E-state index contributed by atoms with van der Waals surface area (Å²) in [5, 5.41) is 11.9. The van der Waals surface area contributed by atoms with Crippen LogP contribution >= 0.6 is 0 Å². The van der Waals surface area contributed by atoms with E-state index in [1.54, 1.807) is 0 Å². The van der Waals surface area contributed by atoms with E-state index < -0.39 is 0 Å². The fraction of sp³-hybridized carbons (Fsp3) is 0.480. The van der Waals surface area contributed by atoms with Crippen LogP contribution in [0.15, 0.2) is 36.7 Å². The maximum absolute atomic E-state index is 5.08. The van der Waals surface area contributed by atoms with Gasteiger partial charge in [0.05, 0.1) is 35.2 Å². The molecule has 176 valence electrons. The predicted octanol–water partition coefficient (Wildman–Crippen LogP) is 3.71. The van der Waals surface area contributed by atoms with Gasteiger partial charge in [0.2, 0.25) is 5.95 Å². The molecule has 9 heteroatoms. The summed E-state index contributed by atoms with van der Waals surface area (Å²) in [5.74, 6) is 2.12. The van der Waals surface area contributed by atoms with Gasteiger partial charge in [-0.25, -0.2) is 9.97 Å². The van der Waals surface area contributed by atoms with E-state index in [9.17, 15) is 0 Å². The Hall–Kier alpha value is -3.33. The highest BCUT2D eigenvalue weighted by atomic mass is 15.3. The first kappa shape index (κ1) is 21.2. The standard InChI is InChI=1S/C25H31N9/c1-3-16(2)34-23-21(15-28-34)30-25(33-12-10-26-11-13-33)32-24(23)31-22(17-8-9-17)20-14-27-18-6-4-5-7-19(18)29-20/h4-7,14-17,22,26H,3,8-13H2,1-2H3,(H,30,31,32)/t16-,22?/m0/s1. The van der Waals surface area contributed by atoms with E-state index in [-0.39, 0.29) is 12.1 Å². The average Bonchev–Trinajstić information content (AvgIpc) is 3.64. The third-order valence-corrected chi connectivity index (χ3v) is 7.01. The number of piperazine rings is 1. The number of aromatic nitrogens is 6. The van der Waals surface area contributed by atoms with Gasteiger partial charge in [0.1, 0.15) is 11.0 Å². The van der Waals surface area contributed by atoms with E-state index in [1.807, 2.05) is 36.7 Å². The Morgan fingerprint density at radius 2 is 1.82 bits per heavy atom. The van der Waals surface area contributed by atoms with Crippen molar-refractivity contribution in [2.24, 2.45) is 5.92 Å². The molecule has 2 N–H and O–H groups in total. The monoisotopic (exact) mass is 457 g/mol. The van der Waals surface area contributed by atoms with Gasteiger partial charge in [0.25, 0.3) is 0 Å². The lowest BCUT2D eigenvalue weighted by atomic mass is 10.1. The Kier molecular flexibility index (Phi) is 5.49. The molecule has 0 radical (unpaired) electrons. The lowest BCUT2D eigenvalue weighted by Crippen LogP contribution is -2.44. The van der Waals surface area contributed by atoms with Crippen molar-refractivity contribution in [2.45, 2.75) is 45.2 Å². The van der Waals surface area contributed by atoms with Gasteiger partial charge in [-0.1, -0.05) is 19.1 Å². The Morgan fingerprint density at radius 3 is 2.59 bits per heavy atom. The molecule has 2 aliphatic rings. The Morgan fingerprint density at radius 1 is 1.03 bits per heavy atom. The van der Waals surface area contributed by atoms with Crippen LogP contribution in [0.4, 0.5) is 11.8 Å². The van der Waals surface area contributed by atoms with Gasteiger partial charge in [0.15, 0.2) is 5.82 Å². The number of benzene rings is 1. The van der Waals surface area contributed by atoms with Crippen LogP contribution in [-0.2, 0) is 0 Å². The number of fused-ring (bicyclic) bond motifs is 2. The summed E-state index contributed by atoms with van der Waals surface area (Å²) in [4.78, 5) is 21.9. The molecule has 0 amide bonds. The van der Waals surface area contributed by atoms with Gasteiger partial charge < -0.3 is 15.5 Å². The van der Waals surface area contributed by atoms with Crippen LogP contribution in [0.2, 0.25) is 0 Å². The first-order chi connectivity index (χ1) is 16.7. The minimum absolute atomic E-state index is 0.0476. The number of hydrogen-bond acceptors (Lipinski definition) is 8. The van der Waals surface area contributed by atoms with Crippen LogP contribution in [0.25, 0.3) is 22.1 Å². The van der Waals surface area contributed by atoms with Crippen molar-refractivity contribution >= 4 is 33.8 Å². The zero-order chi connectivity index (χ0) is 23.1. The number of rotatable bonds is 7. The second-order valence-electron chi connectivity index (χ2n) is 9.43. The molecule has 4 aromatic rings. The summed E-state index contributed by atoms with van der Waals surface area (Å²) < 4.78 is 2.06. The van der Waals surface area contributed by atoms with Gasteiger partial charge in [-0.15, -0.1) is 0 Å². The number of anilines is 2. The quantitative estimate of drug-likeness (QED) is 0.434. The first-order valence-electron chi connectivity index (χ1n) is 12.4. The Labute approximate surface area is 199 Å². The second kappa shape index (κ2) is 8.79. The molecular weight excluding hydrogens is 426 g/mol. The van der Waals surface area contributed by atoms with Crippen LogP contribution < -0.4 is 15.5 Å². The minimum Gasteiger partial charge on any atom is -0.359 e. The highest BCUT2D eigenvalue weighted by molar-refractivity contribution is 5.87. The van der Waals surface area contributed by atoms with Crippen LogP contribution in [0.1, 0.15) is 50.9 Å². The van der Waals surface area contributed by atoms with Crippen molar-refractivity contribution in [1.82, 2.24) is 35.0 Å². The largest absolute Gasteiger partial charge is 0.359 e. The highest BCUT2D eigenvalue weighted by Gasteiger charge is 2.35. The molecule has 2 fully saturated rings. The number of para-hydroxylation sites is 2. The van der Waals surface area contributed by atoms with Crippen molar-refractivity contribution in [3.8, 4) is 0 Å². The number of nitrogens with one attached hydrogen (secondary N) is 2. The molecule has 0 bridgehead atoms. The molecule has 6 rings (SSSR count). The van der Waals surface area contributed by atoms with E-state index in [1.165, 1.54) is 12.8 Å². The summed E-state index contributed by atoms with van der Waals surface area (Å²) in [7, 11) is 0. The van der Waals surface area contributed by atoms with Crippen molar-refractivity contribution < 1.29 is 0 Å². The van der Waals surface area contributed by atoms with Crippen molar-refractivity contribution in [2.75, 3.05) is 36.4 Å². The van der Waals surface area contributed by atoms with Crippen molar-refractivity contribution in [3.63, 3.8) is 0 Å². The van der Waals surface area contributed by atoms with Gasteiger partial charge in [-0.05, 0) is 44.2 Å². The maximum atomic E-state index is 5.08. The van der Waals surface area contributed by atoms with Crippen molar-refractivity contribution in [3.05, 3.63) is 42.4 Å². The summed E-state index contributed by atoms with van der Waals surface area (Å²) in [6, 6.07) is 8.35. The van der Waals surface area contributed by atoms with Gasteiger partial charge in [-0.3, -0.25) is 9.67 Å². The lowest BCUT2D eigenvalue weighted by molar-refractivity contribution is 0.492. The minimum atomic E-state index is 0.0476. The molecule has 1 aliphatic carbocycles.